The number of para-hydroxylation sites is 1. The molecule has 0 aliphatic carbocycles. The van der Waals surface area contributed by atoms with Gasteiger partial charge in [0.05, 0.1) is 11.1 Å². The van der Waals surface area contributed by atoms with E-state index in [0.29, 0.717) is 11.3 Å². The largest absolute Gasteiger partial charge is 0.462 e. The maximum absolute atomic E-state index is 12.2. The van der Waals surface area contributed by atoms with Gasteiger partial charge in [0.2, 0.25) is 5.43 Å². The highest BCUT2D eigenvalue weighted by atomic mass is 32.2. The lowest BCUT2D eigenvalue weighted by molar-refractivity contribution is 0.477. The van der Waals surface area contributed by atoms with Crippen LogP contribution in [0.5, 0.6) is 11.5 Å². The van der Waals surface area contributed by atoms with E-state index in [2.05, 4.69) is 0 Å². The highest BCUT2D eigenvalue weighted by molar-refractivity contribution is 7.89. The van der Waals surface area contributed by atoms with Crippen molar-refractivity contribution in [3.05, 3.63) is 64.5 Å². The number of ether oxygens (including phenoxy) is 1. The first kappa shape index (κ1) is 16.1. The van der Waals surface area contributed by atoms with Gasteiger partial charge in [-0.3, -0.25) is 4.79 Å². The molecule has 3 rings (SSSR count). The lowest BCUT2D eigenvalue weighted by Gasteiger charge is -2.12. The van der Waals surface area contributed by atoms with Crippen LogP contribution in [-0.4, -0.2) is 14.7 Å². The molecule has 0 unspecified atom stereocenters. The van der Waals surface area contributed by atoms with Crippen molar-refractivity contribution in [1.82, 2.24) is 0 Å². The van der Waals surface area contributed by atoms with Gasteiger partial charge in [-0.15, -0.1) is 0 Å². The molecule has 24 heavy (non-hydrogen) atoms. The zero-order valence-corrected chi connectivity index (χ0v) is 13.7. The zero-order valence-electron chi connectivity index (χ0n) is 12.9. The summed E-state index contributed by atoms with van der Waals surface area (Å²) in [6.45, 7) is 0. The summed E-state index contributed by atoms with van der Waals surface area (Å²) in [4.78, 5) is 12.2. The average molecular weight is 345 g/mol. The molecule has 1 heterocycles. The molecule has 0 saturated heterocycles. The molecule has 2 N–H and O–H groups in total. The van der Waals surface area contributed by atoms with E-state index in [1.54, 1.807) is 24.3 Å². The number of fused-ring (bicyclic) bond motifs is 1. The molecule has 6 nitrogen and oxygen atoms in total. The molecule has 0 amide bonds. The number of sulfone groups is 1. The van der Waals surface area contributed by atoms with E-state index >= 15 is 0 Å². The Morgan fingerprint density at radius 2 is 1.88 bits per heavy atom. The number of nitrogen functional groups attached to an aromatic ring is 1. The number of nitrogens with two attached hydrogens (primary N) is 1. The number of benzene rings is 2. The topological polar surface area (TPSA) is 99.6 Å². The third-order valence-electron chi connectivity index (χ3n) is 3.37. The molecule has 0 saturated carbocycles. The molecule has 2 aromatic carbocycles. The Balaban J connectivity index is 2.20. The lowest BCUT2D eigenvalue weighted by atomic mass is 10.1. The first-order valence-electron chi connectivity index (χ1n) is 7.08. The van der Waals surface area contributed by atoms with Gasteiger partial charge in [-0.1, -0.05) is 18.2 Å². The quantitative estimate of drug-likeness (QED) is 0.780. The van der Waals surface area contributed by atoms with Gasteiger partial charge in [-0.25, -0.2) is 8.42 Å². The van der Waals surface area contributed by atoms with Gasteiger partial charge >= 0.3 is 0 Å². The van der Waals surface area contributed by atoms with Crippen molar-refractivity contribution in [2.24, 2.45) is 0 Å². The summed E-state index contributed by atoms with van der Waals surface area (Å²) >= 11 is 0. The third kappa shape index (κ3) is 3.41. The van der Waals surface area contributed by atoms with Crippen molar-refractivity contribution in [2.75, 3.05) is 12.0 Å². The first-order valence-corrected chi connectivity index (χ1v) is 9.14. The molecule has 124 valence electrons. The van der Waals surface area contributed by atoms with Crippen LogP contribution in [0.2, 0.25) is 0 Å². The van der Waals surface area contributed by atoms with Gasteiger partial charge in [0.15, 0.2) is 9.84 Å². The summed E-state index contributed by atoms with van der Waals surface area (Å²) in [5.41, 5.74) is 5.83. The van der Waals surface area contributed by atoms with Crippen LogP contribution in [-0.2, 0) is 15.6 Å². The Kier molecular flexibility index (Phi) is 4.02. The molecular weight excluding hydrogens is 330 g/mol. The van der Waals surface area contributed by atoms with Gasteiger partial charge in [-0.05, 0) is 24.3 Å². The second kappa shape index (κ2) is 6.01. The van der Waals surface area contributed by atoms with E-state index in [9.17, 15) is 13.2 Å². The van der Waals surface area contributed by atoms with Crippen molar-refractivity contribution in [1.29, 1.82) is 0 Å². The smallest absolute Gasteiger partial charge is 0.215 e. The highest BCUT2D eigenvalue weighted by Crippen LogP contribution is 2.30. The van der Waals surface area contributed by atoms with Crippen molar-refractivity contribution < 1.29 is 17.6 Å². The summed E-state index contributed by atoms with van der Waals surface area (Å²) in [5.74, 6) is 0.566. The van der Waals surface area contributed by atoms with E-state index in [4.69, 9.17) is 14.9 Å². The molecule has 0 atom stereocenters. The predicted molar refractivity (Wildman–Crippen MR) is 92.0 cm³/mol. The average Bonchev–Trinajstić information content (AvgIpc) is 2.52. The Labute approximate surface area is 138 Å². The number of rotatable bonds is 4. The number of hydrogen-bond donors (Lipinski definition) is 1. The monoisotopic (exact) mass is 345 g/mol. The molecule has 1 aromatic heterocycles. The minimum atomic E-state index is -3.30. The van der Waals surface area contributed by atoms with E-state index in [0.717, 1.165) is 12.5 Å². The van der Waals surface area contributed by atoms with E-state index in [1.165, 1.54) is 12.1 Å². The van der Waals surface area contributed by atoms with Gasteiger partial charge in [0.1, 0.15) is 29.0 Å². The summed E-state index contributed by atoms with van der Waals surface area (Å²) in [7, 11) is -3.30. The van der Waals surface area contributed by atoms with Crippen molar-refractivity contribution in [3.63, 3.8) is 0 Å². The van der Waals surface area contributed by atoms with Crippen LogP contribution < -0.4 is 15.9 Å². The number of anilines is 1. The van der Waals surface area contributed by atoms with Crippen LogP contribution >= 0.6 is 0 Å². The SMILES string of the molecule is CS(=O)(=O)Cc1cc2occ(N)c(=O)c2cc1Oc1ccccc1. The van der Waals surface area contributed by atoms with E-state index in [1.807, 2.05) is 6.07 Å². The Morgan fingerprint density at radius 3 is 2.54 bits per heavy atom. The molecule has 3 aromatic rings. The highest BCUT2D eigenvalue weighted by Gasteiger charge is 2.16. The molecule has 0 radical (unpaired) electrons. The van der Waals surface area contributed by atoms with Gasteiger partial charge < -0.3 is 14.9 Å². The second-order valence-electron chi connectivity index (χ2n) is 5.46. The van der Waals surface area contributed by atoms with E-state index < -0.39 is 9.84 Å². The lowest BCUT2D eigenvalue weighted by Crippen LogP contribution is -2.09. The molecule has 0 fully saturated rings. The third-order valence-corrected chi connectivity index (χ3v) is 4.21. The fourth-order valence-corrected chi connectivity index (χ4v) is 3.11. The Bertz CT molecular complexity index is 1060. The van der Waals surface area contributed by atoms with Gasteiger partial charge in [0, 0.05) is 11.8 Å². The number of hydrogen-bond acceptors (Lipinski definition) is 6. The first-order chi connectivity index (χ1) is 11.3. The van der Waals surface area contributed by atoms with Gasteiger partial charge in [0.25, 0.3) is 0 Å². The normalized spacial score (nSPS) is 11.5. The molecule has 0 aliphatic heterocycles. The van der Waals surface area contributed by atoms with Crippen LogP contribution in [0, 0.1) is 0 Å². The molecule has 7 heteroatoms. The second-order valence-corrected chi connectivity index (χ2v) is 7.60. The van der Waals surface area contributed by atoms with Crippen molar-refractivity contribution in [2.45, 2.75) is 5.75 Å². The zero-order chi connectivity index (χ0) is 17.3. The summed E-state index contributed by atoms with van der Waals surface area (Å²) in [6, 6.07) is 11.8. The Hall–Kier alpha value is -2.80. The molecule has 0 bridgehead atoms. The summed E-state index contributed by atoms with van der Waals surface area (Å²) in [6.07, 6.45) is 2.27. The van der Waals surface area contributed by atoms with Crippen LogP contribution in [0.25, 0.3) is 11.0 Å². The molecule has 0 spiro atoms. The van der Waals surface area contributed by atoms with Crippen LogP contribution in [0.4, 0.5) is 5.69 Å². The van der Waals surface area contributed by atoms with Crippen LogP contribution in [0.3, 0.4) is 0 Å². The fraction of sp³-hybridized carbons (Fsp3) is 0.118. The van der Waals surface area contributed by atoms with Crippen molar-refractivity contribution >= 4 is 26.5 Å². The predicted octanol–water partition coefficient (Wildman–Crippen LogP) is 2.71. The molecular formula is C17H15NO5S. The standard InChI is InChI=1S/C17H15NO5S/c1-24(20,21)10-11-7-16-13(17(19)14(18)9-22-16)8-15(11)23-12-5-3-2-4-6-12/h2-9H,10,18H2,1H3. The van der Waals surface area contributed by atoms with Gasteiger partial charge in [-0.2, -0.15) is 0 Å². The molecule has 0 aliphatic rings. The fourth-order valence-electron chi connectivity index (χ4n) is 2.32. The van der Waals surface area contributed by atoms with Crippen LogP contribution in [0.1, 0.15) is 5.56 Å². The minimum Gasteiger partial charge on any atom is -0.462 e. The van der Waals surface area contributed by atoms with Crippen molar-refractivity contribution in [3.8, 4) is 11.5 Å². The van der Waals surface area contributed by atoms with E-state index in [-0.39, 0.29) is 33.6 Å². The van der Waals surface area contributed by atoms with Crippen LogP contribution in [0.15, 0.2) is 57.9 Å². The maximum atomic E-state index is 12.2. The summed E-state index contributed by atoms with van der Waals surface area (Å²) < 4.78 is 34.5. The maximum Gasteiger partial charge on any atom is 0.215 e. The minimum absolute atomic E-state index is 0.0241. The summed E-state index contributed by atoms with van der Waals surface area (Å²) in [5, 5.41) is 0.234. The Morgan fingerprint density at radius 1 is 1.17 bits per heavy atom.